The van der Waals surface area contributed by atoms with E-state index in [2.05, 4.69) is 4.74 Å². The van der Waals surface area contributed by atoms with Crippen LogP contribution in [-0.2, 0) is 9.53 Å². The van der Waals surface area contributed by atoms with Gasteiger partial charge in [0.05, 0.1) is 12.1 Å². The Bertz CT molecular complexity index is 415. The van der Waals surface area contributed by atoms with E-state index in [9.17, 15) is 9.90 Å². The van der Waals surface area contributed by atoms with Crippen molar-refractivity contribution in [2.75, 3.05) is 13.7 Å². The number of aliphatic hydroxyl groups is 1. The first kappa shape index (κ1) is 13.8. The van der Waals surface area contributed by atoms with Gasteiger partial charge in [-0.2, -0.15) is 0 Å². The molecular formula is C12H15ClO4. The van der Waals surface area contributed by atoms with Gasteiger partial charge in [-0.1, -0.05) is 17.7 Å². The zero-order chi connectivity index (χ0) is 13.1. The Morgan fingerprint density at radius 2 is 2.18 bits per heavy atom. The summed E-state index contributed by atoms with van der Waals surface area (Å²) in [7, 11) is 1.20. The maximum Gasteiger partial charge on any atom is 0.341 e. The van der Waals surface area contributed by atoms with E-state index in [0.717, 1.165) is 5.56 Å². The van der Waals surface area contributed by atoms with Gasteiger partial charge in [-0.05, 0) is 31.5 Å². The minimum absolute atomic E-state index is 0.220. The van der Waals surface area contributed by atoms with Crippen LogP contribution in [0.25, 0.3) is 0 Å². The summed E-state index contributed by atoms with van der Waals surface area (Å²) < 4.78 is 9.75. The molecule has 0 aliphatic heterocycles. The zero-order valence-electron chi connectivity index (χ0n) is 9.99. The molecule has 17 heavy (non-hydrogen) atoms. The molecule has 0 aliphatic carbocycles. The van der Waals surface area contributed by atoms with E-state index in [1.54, 1.807) is 12.1 Å². The van der Waals surface area contributed by atoms with Crippen molar-refractivity contribution in [3.05, 3.63) is 28.8 Å². The second-order valence-corrected chi connectivity index (χ2v) is 4.40. The lowest BCUT2D eigenvalue weighted by atomic mass is 10.1. The van der Waals surface area contributed by atoms with Crippen molar-refractivity contribution >= 4 is 17.6 Å². The van der Waals surface area contributed by atoms with Crippen LogP contribution in [0.15, 0.2) is 18.2 Å². The SMILES string of the molecule is COC(=O)C(C)(O)COc1ccc(C)cc1Cl. The highest BCUT2D eigenvalue weighted by molar-refractivity contribution is 6.32. The van der Waals surface area contributed by atoms with Crippen molar-refractivity contribution in [1.29, 1.82) is 0 Å². The molecule has 1 atom stereocenters. The largest absolute Gasteiger partial charge is 0.488 e. The standard InChI is InChI=1S/C12H15ClO4/c1-8-4-5-10(9(13)6-8)17-7-12(2,15)11(14)16-3/h4-6,15H,7H2,1-3H3. The summed E-state index contributed by atoms with van der Waals surface area (Å²) in [6.45, 7) is 3.00. The average Bonchev–Trinajstić information content (AvgIpc) is 2.26. The molecule has 5 heteroatoms. The Morgan fingerprint density at radius 3 is 2.71 bits per heavy atom. The molecule has 1 rings (SSSR count). The molecule has 0 aromatic heterocycles. The second kappa shape index (κ2) is 5.38. The normalized spacial score (nSPS) is 13.9. The smallest absolute Gasteiger partial charge is 0.341 e. The number of halogens is 1. The molecule has 4 nitrogen and oxygen atoms in total. The number of hydrogen-bond donors (Lipinski definition) is 1. The Hall–Kier alpha value is -1.26. The summed E-state index contributed by atoms with van der Waals surface area (Å²) in [5, 5.41) is 10.2. The topological polar surface area (TPSA) is 55.8 Å². The van der Waals surface area contributed by atoms with Gasteiger partial charge in [0.15, 0.2) is 5.60 Å². The minimum Gasteiger partial charge on any atom is -0.488 e. The molecule has 0 heterocycles. The Morgan fingerprint density at radius 1 is 1.53 bits per heavy atom. The molecule has 94 valence electrons. The number of aryl methyl sites for hydroxylation is 1. The van der Waals surface area contributed by atoms with E-state index < -0.39 is 11.6 Å². The van der Waals surface area contributed by atoms with Crippen molar-refractivity contribution in [2.24, 2.45) is 0 Å². The van der Waals surface area contributed by atoms with Gasteiger partial charge in [0.1, 0.15) is 12.4 Å². The maximum absolute atomic E-state index is 11.2. The number of hydrogen-bond acceptors (Lipinski definition) is 4. The monoisotopic (exact) mass is 258 g/mol. The van der Waals surface area contributed by atoms with Crippen molar-refractivity contribution in [1.82, 2.24) is 0 Å². The zero-order valence-corrected chi connectivity index (χ0v) is 10.7. The van der Waals surface area contributed by atoms with Crippen LogP contribution in [0.3, 0.4) is 0 Å². The van der Waals surface area contributed by atoms with Gasteiger partial charge in [-0.25, -0.2) is 4.79 Å². The van der Waals surface area contributed by atoms with E-state index in [4.69, 9.17) is 16.3 Å². The first-order valence-corrected chi connectivity index (χ1v) is 5.44. The fourth-order valence-corrected chi connectivity index (χ4v) is 1.51. The van der Waals surface area contributed by atoms with E-state index in [-0.39, 0.29) is 6.61 Å². The predicted molar refractivity (Wildman–Crippen MR) is 64.3 cm³/mol. The molecule has 0 amide bonds. The van der Waals surface area contributed by atoms with Crippen LogP contribution in [0.2, 0.25) is 5.02 Å². The van der Waals surface area contributed by atoms with Crippen LogP contribution < -0.4 is 4.74 Å². The summed E-state index contributed by atoms with van der Waals surface area (Å²) in [5.74, 6) is -0.331. The average molecular weight is 259 g/mol. The van der Waals surface area contributed by atoms with Gasteiger partial charge in [0, 0.05) is 0 Å². The lowest BCUT2D eigenvalue weighted by Gasteiger charge is -2.20. The Balaban J connectivity index is 2.70. The van der Waals surface area contributed by atoms with Crippen molar-refractivity contribution < 1.29 is 19.4 Å². The third-order valence-electron chi connectivity index (χ3n) is 2.22. The van der Waals surface area contributed by atoms with Gasteiger partial charge >= 0.3 is 5.97 Å². The number of ether oxygens (including phenoxy) is 2. The van der Waals surface area contributed by atoms with Crippen LogP contribution in [0, 0.1) is 6.92 Å². The van der Waals surface area contributed by atoms with Gasteiger partial charge in [-0.3, -0.25) is 0 Å². The summed E-state index contributed by atoms with van der Waals surface area (Å²) in [5.41, 5.74) is -0.690. The first-order valence-electron chi connectivity index (χ1n) is 5.06. The van der Waals surface area contributed by atoms with E-state index in [0.29, 0.717) is 10.8 Å². The summed E-state index contributed by atoms with van der Waals surface area (Å²) in [6, 6.07) is 5.25. The molecule has 0 fully saturated rings. The molecule has 1 unspecified atom stereocenters. The molecular weight excluding hydrogens is 244 g/mol. The van der Waals surface area contributed by atoms with Crippen LogP contribution in [0.1, 0.15) is 12.5 Å². The van der Waals surface area contributed by atoms with E-state index in [1.807, 2.05) is 13.0 Å². The molecule has 1 aromatic rings. The minimum atomic E-state index is -1.69. The van der Waals surface area contributed by atoms with E-state index in [1.165, 1.54) is 14.0 Å². The van der Waals surface area contributed by atoms with Crippen LogP contribution in [0.5, 0.6) is 5.75 Å². The molecule has 1 N–H and O–H groups in total. The van der Waals surface area contributed by atoms with Crippen molar-refractivity contribution in [3.63, 3.8) is 0 Å². The summed E-state index contributed by atoms with van der Waals surface area (Å²) in [4.78, 5) is 11.2. The fraction of sp³-hybridized carbons (Fsp3) is 0.417. The molecule has 0 radical (unpaired) electrons. The van der Waals surface area contributed by atoms with Gasteiger partial charge in [0.25, 0.3) is 0 Å². The fourth-order valence-electron chi connectivity index (χ4n) is 1.22. The van der Waals surface area contributed by atoms with Crippen molar-refractivity contribution in [2.45, 2.75) is 19.4 Å². The number of rotatable bonds is 4. The lowest BCUT2D eigenvalue weighted by Crippen LogP contribution is -2.42. The van der Waals surface area contributed by atoms with Crippen LogP contribution >= 0.6 is 11.6 Å². The van der Waals surface area contributed by atoms with Gasteiger partial charge < -0.3 is 14.6 Å². The number of carbonyl (C=O) groups is 1. The Labute approximate surface area is 105 Å². The Kier molecular flexibility index (Phi) is 4.37. The highest BCUT2D eigenvalue weighted by Crippen LogP contribution is 2.26. The maximum atomic E-state index is 11.2. The van der Waals surface area contributed by atoms with Gasteiger partial charge in [0.2, 0.25) is 0 Å². The second-order valence-electron chi connectivity index (χ2n) is 3.99. The number of esters is 1. The highest BCUT2D eigenvalue weighted by atomic mass is 35.5. The highest BCUT2D eigenvalue weighted by Gasteiger charge is 2.32. The summed E-state index contributed by atoms with van der Waals surface area (Å²) in [6.07, 6.45) is 0. The van der Waals surface area contributed by atoms with Crippen LogP contribution in [0.4, 0.5) is 0 Å². The predicted octanol–water partition coefficient (Wildman–Crippen LogP) is 1.95. The molecule has 0 saturated carbocycles. The number of benzene rings is 1. The molecule has 0 bridgehead atoms. The lowest BCUT2D eigenvalue weighted by molar-refractivity contribution is -0.163. The molecule has 0 spiro atoms. The molecule has 0 aliphatic rings. The van der Waals surface area contributed by atoms with Crippen molar-refractivity contribution in [3.8, 4) is 5.75 Å². The molecule has 0 saturated heterocycles. The number of methoxy groups -OCH3 is 1. The third kappa shape index (κ3) is 3.61. The van der Waals surface area contributed by atoms with Crippen LogP contribution in [-0.4, -0.2) is 30.4 Å². The summed E-state index contributed by atoms with van der Waals surface area (Å²) >= 11 is 5.95. The number of carbonyl (C=O) groups excluding carboxylic acids is 1. The first-order chi connectivity index (χ1) is 7.86. The quantitative estimate of drug-likeness (QED) is 0.839. The van der Waals surface area contributed by atoms with Gasteiger partial charge in [-0.15, -0.1) is 0 Å². The molecule has 1 aromatic carbocycles. The third-order valence-corrected chi connectivity index (χ3v) is 2.52. The van der Waals surface area contributed by atoms with E-state index >= 15 is 0 Å².